The van der Waals surface area contributed by atoms with Crippen LogP contribution in [0.15, 0.2) is 60.7 Å². The zero-order valence-electron chi connectivity index (χ0n) is 11.7. The van der Waals surface area contributed by atoms with E-state index in [1.54, 1.807) is 7.05 Å². The molecule has 0 aliphatic carbocycles. The summed E-state index contributed by atoms with van der Waals surface area (Å²) in [7, 11) is 3.54. The summed E-state index contributed by atoms with van der Waals surface area (Å²) in [6.45, 7) is 0. The predicted molar refractivity (Wildman–Crippen MR) is 81.2 cm³/mol. The van der Waals surface area contributed by atoms with Crippen molar-refractivity contribution in [3.63, 3.8) is 0 Å². The van der Waals surface area contributed by atoms with Gasteiger partial charge in [0.05, 0.1) is 5.69 Å². The highest BCUT2D eigenvalue weighted by atomic mass is 16.2. The Hall–Kier alpha value is -2.33. The van der Waals surface area contributed by atoms with Crippen LogP contribution in [0.1, 0.15) is 11.6 Å². The fourth-order valence-electron chi connectivity index (χ4n) is 1.99. The zero-order chi connectivity index (χ0) is 14.4. The number of hydrogen-bond acceptors (Lipinski definition) is 3. The maximum absolute atomic E-state index is 12.1. The minimum atomic E-state index is -0.425. The van der Waals surface area contributed by atoms with Crippen molar-refractivity contribution >= 4 is 11.6 Å². The van der Waals surface area contributed by atoms with E-state index in [9.17, 15) is 4.79 Å². The number of hydrogen-bond donors (Lipinski definition) is 2. The summed E-state index contributed by atoms with van der Waals surface area (Å²) >= 11 is 0. The Kier molecular flexibility index (Phi) is 4.74. The van der Waals surface area contributed by atoms with E-state index < -0.39 is 6.04 Å². The minimum Gasteiger partial charge on any atom is -0.357 e. The summed E-state index contributed by atoms with van der Waals surface area (Å²) in [6, 6.07) is 19.1. The van der Waals surface area contributed by atoms with Crippen molar-refractivity contribution in [2.75, 3.05) is 19.1 Å². The molecule has 0 aliphatic rings. The van der Waals surface area contributed by atoms with Crippen LogP contribution >= 0.6 is 0 Å². The molecule has 0 aromatic heterocycles. The molecule has 0 aliphatic heterocycles. The molecule has 4 nitrogen and oxygen atoms in total. The van der Waals surface area contributed by atoms with Gasteiger partial charge in [-0.15, -0.1) is 0 Å². The average Bonchev–Trinajstić information content (AvgIpc) is 2.53. The van der Waals surface area contributed by atoms with Gasteiger partial charge in [-0.2, -0.15) is 0 Å². The van der Waals surface area contributed by atoms with E-state index in [0.29, 0.717) is 0 Å². The number of nitrogens with zero attached hydrogens (tertiary/aromatic N) is 1. The fraction of sp³-hybridized carbons (Fsp3) is 0.188. The van der Waals surface area contributed by atoms with E-state index in [1.807, 2.05) is 72.7 Å². The van der Waals surface area contributed by atoms with Crippen LogP contribution in [0.4, 0.5) is 5.69 Å². The molecule has 2 rings (SSSR count). The molecule has 0 bridgehead atoms. The molecule has 0 radical (unpaired) electrons. The SMILES string of the molecule is CNC(=O)C(NN(C)c1ccccc1)c1ccccc1. The van der Waals surface area contributed by atoms with Gasteiger partial charge in [0.2, 0.25) is 5.91 Å². The lowest BCUT2D eigenvalue weighted by Crippen LogP contribution is -2.44. The molecule has 0 spiro atoms. The average molecular weight is 269 g/mol. The minimum absolute atomic E-state index is 0.0704. The molecule has 0 saturated carbocycles. The lowest BCUT2D eigenvalue weighted by molar-refractivity contribution is -0.122. The molecule has 2 N–H and O–H groups in total. The van der Waals surface area contributed by atoms with Gasteiger partial charge < -0.3 is 10.3 Å². The van der Waals surface area contributed by atoms with Crippen molar-refractivity contribution in [2.24, 2.45) is 0 Å². The van der Waals surface area contributed by atoms with Crippen LogP contribution in [0.5, 0.6) is 0 Å². The Labute approximate surface area is 119 Å². The van der Waals surface area contributed by atoms with Crippen molar-refractivity contribution in [3.8, 4) is 0 Å². The highest BCUT2D eigenvalue weighted by Crippen LogP contribution is 2.16. The third-order valence-corrected chi connectivity index (χ3v) is 3.11. The van der Waals surface area contributed by atoms with Gasteiger partial charge in [-0.1, -0.05) is 48.5 Å². The standard InChI is InChI=1S/C16H19N3O/c1-17-16(20)15(13-9-5-3-6-10-13)18-19(2)14-11-7-4-8-12-14/h3-12,15,18H,1-2H3,(H,17,20). The molecule has 20 heavy (non-hydrogen) atoms. The molecule has 0 fully saturated rings. The maximum atomic E-state index is 12.1. The summed E-state index contributed by atoms with van der Waals surface area (Å²) in [5.74, 6) is -0.0704. The molecule has 1 atom stereocenters. The number of nitrogens with one attached hydrogen (secondary N) is 2. The van der Waals surface area contributed by atoms with Crippen molar-refractivity contribution in [3.05, 3.63) is 66.2 Å². The van der Waals surface area contributed by atoms with Crippen LogP contribution in [0.2, 0.25) is 0 Å². The third kappa shape index (κ3) is 3.36. The van der Waals surface area contributed by atoms with Crippen LogP contribution in [0.25, 0.3) is 0 Å². The number of amides is 1. The Balaban J connectivity index is 2.19. The zero-order valence-corrected chi connectivity index (χ0v) is 11.7. The number of carbonyl (C=O) groups excluding carboxylic acids is 1. The first kappa shape index (κ1) is 14.1. The Morgan fingerprint density at radius 1 is 1.00 bits per heavy atom. The number of para-hydroxylation sites is 1. The lowest BCUT2D eigenvalue weighted by atomic mass is 10.1. The van der Waals surface area contributed by atoms with Gasteiger partial charge in [-0.3, -0.25) is 4.79 Å². The second kappa shape index (κ2) is 6.73. The molecule has 1 unspecified atom stereocenters. The van der Waals surface area contributed by atoms with Gasteiger partial charge >= 0.3 is 0 Å². The van der Waals surface area contributed by atoms with E-state index >= 15 is 0 Å². The van der Waals surface area contributed by atoms with Gasteiger partial charge in [0, 0.05) is 14.1 Å². The van der Waals surface area contributed by atoms with E-state index in [0.717, 1.165) is 11.3 Å². The number of anilines is 1. The number of likely N-dealkylation sites (N-methyl/N-ethyl adjacent to an activating group) is 1. The first-order valence-corrected chi connectivity index (χ1v) is 6.54. The Bertz CT molecular complexity index is 542. The second-order valence-corrected chi connectivity index (χ2v) is 4.48. The predicted octanol–water partition coefficient (Wildman–Crippen LogP) is 2.11. The van der Waals surface area contributed by atoms with E-state index in [1.165, 1.54) is 0 Å². The van der Waals surface area contributed by atoms with Crippen LogP contribution in [-0.2, 0) is 4.79 Å². The first-order chi connectivity index (χ1) is 9.72. The van der Waals surface area contributed by atoms with Gasteiger partial charge in [0.25, 0.3) is 0 Å². The smallest absolute Gasteiger partial charge is 0.243 e. The topological polar surface area (TPSA) is 44.4 Å². The summed E-state index contributed by atoms with van der Waals surface area (Å²) in [5, 5.41) is 4.55. The Morgan fingerprint density at radius 3 is 2.10 bits per heavy atom. The maximum Gasteiger partial charge on any atom is 0.243 e. The Morgan fingerprint density at radius 2 is 1.55 bits per heavy atom. The molecule has 2 aromatic carbocycles. The lowest BCUT2D eigenvalue weighted by Gasteiger charge is -2.26. The summed E-state index contributed by atoms with van der Waals surface area (Å²) in [6.07, 6.45) is 0. The normalized spacial score (nSPS) is 11.7. The fourth-order valence-corrected chi connectivity index (χ4v) is 1.99. The molecular formula is C16H19N3O. The largest absolute Gasteiger partial charge is 0.357 e. The highest BCUT2D eigenvalue weighted by Gasteiger charge is 2.20. The summed E-state index contributed by atoms with van der Waals surface area (Å²) in [4.78, 5) is 12.1. The van der Waals surface area contributed by atoms with Crippen LogP contribution < -0.4 is 15.8 Å². The van der Waals surface area contributed by atoms with Gasteiger partial charge in [0.1, 0.15) is 6.04 Å². The number of hydrazine groups is 1. The first-order valence-electron chi connectivity index (χ1n) is 6.54. The van der Waals surface area contributed by atoms with Gasteiger partial charge in [-0.25, -0.2) is 5.43 Å². The van der Waals surface area contributed by atoms with Crippen molar-refractivity contribution in [2.45, 2.75) is 6.04 Å². The van der Waals surface area contributed by atoms with E-state index in [2.05, 4.69) is 10.7 Å². The molecule has 0 saturated heterocycles. The molecule has 104 valence electrons. The monoisotopic (exact) mass is 269 g/mol. The number of benzene rings is 2. The quantitative estimate of drug-likeness (QED) is 0.817. The van der Waals surface area contributed by atoms with Crippen molar-refractivity contribution in [1.82, 2.24) is 10.7 Å². The number of carbonyl (C=O) groups is 1. The van der Waals surface area contributed by atoms with E-state index in [-0.39, 0.29) is 5.91 Å². The molecular weight excluding hydrogens is 250 g/mol. The summed E-state index contributed by atoms with van der Waals surface area (Å²) in [5.41, 5.74) is 5.14. The summed E-state index contributed by atoms with van der Waals surface area (Å²) < 4.78 is 0. The number of rotatable bonds is 5. The van der Waals surface area contributed by atoms with Gasteiger partial charge in [-0.05, 0) is 17.7 Å². The second-order valence-electron chi connectivity index (χ2n) is 4.48. The van der Waals surface area contributed by atoms with Crippen LogP contribution in [-0.4, -0.2) is 20.0 Å². The van der Waals surface area contributed by atoms with Crippen LogP contribution in [0, 0.1) is 0 Å². The van der Waals surface area contributed by atoms with E-state index in [4.69, 9.17) is 0 Å². The highest BCUT2D eigenvalue weighted by molar-refractivity contribution is 5.83. The molecule has 1 amide bonds. The molecule has 4 heteroatoms. The van der Waals surface area contributed by atoms with Crippen molar-refractivity contribution in [1.29, 1.82) is 0 Å². The molecule has 0 heterocycles. The van der Waals surface area contributed by atoms with Crippen molar-refractivity contribution < 1.29 is 4.79 Å². The van der Waals surface area contributed by atoms with Gasteiger partial charge in [0.15, 0.2) is 0 Å². The molecule has 2 aromatic rings. The third-order valence-electron chi connectivity index (χ3n) is 3.11. The van der Waals surface area contributed by atoms with Crippen LogP contribution in [0.3, 0.4) is 0 Å².